The van der Waals surface area contributed by atoms with Crippen LogP contribution in [0.2, 0.25) is 0 Å². The Morgan fingerprint density at radius 3 is 2.18 bits per heavy atom. The third-order valence-corrected chi connectivity index (χ3v) is 12.6. The lowest BCUT2D eigenvalue weighted by atomic mass is 9.90. The van der Waals surface area contributed by atoms with Crippen molar-refractivity contribution >= 4 is 21.8 Å². The van der Waals surface area contributed by atoms with Crippen LogP contribution in [-0.2, 0) is 48.8 Å². The molecule has 3 heterocycles. The summed E-state index contributed by atoms with van der Waals surface area (Å²) in [5.74, 6) is -0.119. The van der Waals surface area contributed by atoms with Crippen LogP contribution < -0.4 is 0 Å². The van der Waals surface area contributed by atoms with Gasteiger partial charge in [-0.15, -0.1) is 0 Å². The van der Waals surface area contributed by atoms with E-state index < -0.39 is 10.0 Å². The molecule has 2 amide bonds. The maximum Gasteiger partial charge on any atom is 0.255 e. The fourth-order valence-electron chi connectivity index (χ4n) is 7.55. The van der Waals surface area contributed by atoms with Crippen molar-refractivity contribution in [2.75, 3.05) is 19.6 Å². The minimum atomic E-state index is -3.59. The van der Waals surface area contributed by atoms with E-state index in [-0.39, 0.29) is 30.2 Å². The zero-order valence-electron chi connectivity index (χ0n) is 30.8. The average Bonchev–Trinajstić information content (AvgIpc) is 3.43. The van der Waals surface area contributed by atoms with E-state index in [1.807, 2.05) is 82.9 Å². The van der Waals surface area contributed by atoms with Crippen LogP contribution in [-0.4, -0.2) is 64.6 Å². The topological polar surface area (TPSA) is 82.9 Å². The number of fused-ring (bicyclic) bond motifs is 2. The number of aromatic nitrogens is 1. The average molecular weight is 709 g/mol. The summed E-state index contributed by atoms with van der Waals surface area (Å²) in [6.45, 7) is 10.9. The molecule has 270 valence electrons. The van der Waals surface area contributed by atoms with E-state index in [2.05, 4.69) is 39.0 Å². The van der Waals surface area contributed by atoms with E-state index in [0.29, 0.717) is 30.6 Å². The number of carbonyl (C=O) groups is 2. The lowest BCUT2D eigenvalue weighted by Crippen LogP contribution is -2.43. The normalized spacial score (nSPS) is 16.1. The van der Waals surface area contributed by atoms with Gasteiger partial charge in [0.25, 0.3) is 11.8 Å². The van der Waals surface area contributed by atoms with E-state index in [1.165, 1.54) is 5.56 Å². The van der Waals surface area contributed by atoms with Gasteiger partial charge < -0.3 is 14.4 Å². The largest absolute Gasteiger partial charge is 0.347 e. The Hall–Kier alpha value is -4.21. The monoisotopic (exact) mass is 708 g/mol. The Bertz CT molecular complexity index is 1990. The second-order valence-corrected chi connectivity index (χ2v) is 16.3. The van der Waals surface area contributed by atoms with Crippen LogP contribution in [0.3, 0.4) is 0 Å². The van der Waals surface area contributed by atoms with Gasteiger partial charge in [-0.25, -0.2) is 8.42 Å². The molecule has 1 atom stereocenters. The van der Waals surface area contributed by atoms with Crippen LogP contribution in [0.4, 0.5) is 0 Å². The molecule has 0 unspecified atom stereocenters. The Kier molecular flexibility index (Phi) is 11.2. The van der Waals surface area contributed by atoms with Crippen LogP contribution >= 0.6 is 0 Å². The number of nitrogens with zero attached hydrogens (tertiary/aromatic N) is 4. The van der Waals surface area contributed by atoms with Crippen molar-refractivity contribution in [1.29, 1.82) is 0 Å². The van der Waals surface area contributed by atoms with Crippen molar-refractivity contribution in [3.8, 4) is 11.3 Å². The standard InChI is InChI=1S/C42H52N4O4S/c1-6-8-20-44(21-9-7-2)41(47)37-26-40(43(5)31(37)4)38-24-34-19-22-45(51(49,50)29-32-15-11-10-12-16-32)27-36(34)25-39(38)42(48)46-28-35-18-14-13-17-33(35)23-30(46)3/h10-18,24-26,30H,6-9,19-23,27-29H2,1-5H3/t30-/m1/s1. The second kappa shape index (κ2) is 15.6. The summed E-state index contributed by atoms with van der Waals surface area (Å²) in [6, 6.07) is 23.5. The quantitative estimate of drug-likeness (QED) is 0.153. The first kappa shape index (κ1) is 36.6. The van der Waals surface area contributed by atoms with Gasteiger partial charge in [-0.3, -0.25) is 9.59 Å². The molecule has 8 nitrogen and oxygen atoms in total. The first-order valence-corrected chi connectivity index (χ1v) is 20.1. The van der Waals surface area contributed by atoms with Gasteiger partial charge in [0.05, 0.1) is 11.3 Å². The number of rotatable bonds is 12. The third-order valence-electron chi connectivity index (χ3n) is 10.8. The highest BCUT2D eigenvalue weighted by atomic mass is 32.2. The lowest BCUT2D eigenvalue weighted by molar-refractivity contribution is 0.0658. The zero-order chi connectivity index (χ0) is 36.3. The molecule has 3 aromatic carbocycles. The zero-order valence-corrected chi connectivity index (χ0v) is 31.6. The summed E-state index contributed by atoms with van der Waals surface area (Å²) in [7, 11) is -1.62. The molecule has 0 fully saturated rings. The molecular formula is C42H52N4O4S. The molecule has 0 saturated carbocycles. The van der Waals surface area contributed by atoms with E-state index in [1.54, 1.807) is 4.31 Å². The SMILES string of the molecule is CCCCN(CCCC)C(=O)c1cc(-c2cc3c(cc2C(=O)N2Cc4ccccc4C[C@H]2C)CN(S(=O)(=O)Cc2ccccc2)CC3)n(C)c1C. The molecule has 1 aromatic heterocycles. The number of amides is 2. The van der Waals surface area contributed by atoms with Gasteiger partial charge in [-0.1, -0.05) is 81.3 Å². The molecule has 2 aliphatic rings. The van der Waals surface area contributed by atoms with Crippen LogP contribution in [0.5, 0.6) is 0 Å². The first-order valence-electron chi connectivity index (χ1n) is 18.5. The van der Waals surface area contributed by atoms with Gasteiger partial charge in [0.2, 0.25) is 10.0 Å². The predicted molar refractivity (Wildman–Crippen MR) is 204 cm³/mol. The molecule has 0 N–H and O–H groups in total. The number of hydrogen-bond acceptors (Lipinski definition) is 4. The Balaban J connectivity index is 1.41. The van der Waals surface area contributed by atoms with Gasteiger partial charge >= 0.3 is 0 Å². The summed E-state index contributed by atoms with van der Waals surface area (Å²) >= 11 is 0. The molecule has 0 radical (unpaired) electrons. The highest BCUT2D eigenvalue weighted by Gasteiger charge is 2.33. The van der Waals surface area contributed by atoms with Crippen LogP contribution in [0.25, 0.3) is 11.3 Å². The Morgan fingerprint density at radius 1 is 0.824 bits per heavy atom. The molecule has 0 saturated heterocycles. The number of sulfonamides is 1. The van der Waals surface area contributed by atoms with E-state index in [4.69, 9.17) is 0 Å². The van der Waals surface area contributed by atoms with Crippen molar-refractivity contribution in [1.82, 2.24) is 18.7 Å². The molecule has 0 spiro atoms. The molecule has 4 aromatic rings. The van der Waals surface area contributed by atoms with Gasteiger partial charge in [-0.05, 0) is 85.5 Å². The molecule has 0 aliphatic carbocycles. The van der Waals surface area contributed by atoms with E-state index in [0.717, 1.165) is 84.4 Å². The predicted octanol–water partition coefficient (Wildman–Crippen LogP) is 7.52. The van der Waals surface area contributed by atoms with Crippen molar-refractivity contribution < 1.29 is 18.0 Å². The first-order chi connectivity index (χ1) is 24.5. The Morgan fingerprint density at radius 2 is 1.49 bits per heavy atom. The molecule has 6 rings (SSSR count). The fraction of sp³-hybridized carbons (Fsp3) is 0.429. The summed E-state index contributed by atoms with van der Waals surface area (Å²) in [6.07, 6.45) is 5.23. The number of carbonyl (C=O) groups excluding carboxylic acids is 2. The van der Waals surface area contributed by atoms with Crippen molar-refractivity contribution in [3.63, 3.8) is 0 Å². The van der Waals surface area contributed by atoms with Gasteiger partial charge in [0, 0.05) is 68.3 Å². The van der Waals surface area contributed by atoms with Gasteiger partial charge in [0.15, 0.2) is 0 Å². The van der Waals surface area contributed by atoms with Crippen LogP contribution in [0.15, 0.2) is 72.8 Å². The molecule has 9 heteroatoms. The van der Waals surface area contributed by atoms with E-state index in [9.17, 15) is 18.0 Å². The number of hydrogen-bond donors (Lipinski definition) is 0. The van der Waals surface area contributed by atoms with E-state index >= 15 is 0 Å². The van der Waals surface area contributed by atoms with Gasteiger partial charge in [0.1, 0.15) is 0 Å². The minimum absolute atomic E-state index is 0.0167. The van der Waals surface area contributed by atoms with Gasteiger partial charge in [-0.2, -0.15) is 4.31 Å². The summed E-state index contributed by atoms with van der Waals surface area (Å²) in [5, 5.41) is 0. The molecular weight excluding hydrogens is 657 g/mol. The molecule has 0 bridgehead atoms. The smallest absolute Gasteiger partial charge is 0.255 e. The van der Waals surface area contributed by atoms with Crippen LogP contribution in [0.1, 0.15) is 101 Å². The second-order valence-electron chi connectivity index (χ2n) is 14.3. The fourth-order valence-corrected chi connectivity index (χ4v) is 9.05. The number of unbranched alkanes of at least 4 members (excludes halogenated alkanes) is 2. The summed E-state index contributed by atoms with van der Waals surface area (Å²) in [5.41, 5.74) is 8.70. The van der Waals surface area contributed by atoms with Crippen molar-refractivity contribution in [2.45, 2.75) is 91.1 Å². The maximum absolute atomic E-state index is 14.8. The lowest BCUT2D eigenvalue weighted by Gasteiger charge is -2.36. The summed E-state index contributed by atoms with van der Waals surface area (Å²) in [4.78, 5) is 32.8. The minimum Gasteiger partial charge on any atom is -0.347 e. The number of benzene rings is 3. The van der Waals surface area contributed by atoms with Crippen LogP contribution in [0, 0.1) is 6.92 Å². The highest BCUT2D eigenvalue weighted by molar-refractivity contribution is 7.88. The molecule has 2 aliphatic heterocycles. The Labute approximate surface area is 304 Å². The molecule has 51 heavy (non-hydrogen) atoms. The van der Waals surface area contributed by atoms with Crippen molar-refractivity contribution in [2.24, 2.45) is 7.05 Å². The van der Waals surface area contributed by atoms with Crippen molar-refractivity contribution in [3.05, 3.63) is 117 Å². The maximum atomic E-state index is 14.8. The highest BCUT2D eigenvalue weighted by Crippen LogP contribution is 2.36. The third kappa shape index (κ3) is 7.70. The summed E-state index contributed by atoms with van der Waals surface area (Å²) < 4.78 is 30.8.